The van der Waals surface area contributed by atoms with Crippen LogP contribution < -0.4 is 10.6 Å². The number of hydrogen-bond donors (Lipinski definition) is 2. The molecule has 0 amide bonds. The van der Waals surface area contributed by atoms with Crippen LogP contribution in [-0.2, 0) is 0 Å². The van der Waals surface area contributed by atoms with Crippen molar-refractivity contribution in [3.8, 4) is 6.07 Å². The number of benzene rings is 2. The minimum Gasteiger partial charge on any atom is -0.339 e. The third-order valence-corrected chi connectivity index (χ3v) is 3.79. The SMILES string of the molecule is Cc1ccc(Nc2nc(C)cc(Nc3ccccc3C#N)n2)c(C)c1. The van der Waals surface area contributed by atoms with Gasteiger partial charge in [0.15, 0.2) is 0 Å². The first-order valence-electron chi connectivity index (χ1n) is 8.01. The van der Waals surface area contributed by atoms with Gasteiger partial charge in [-0.3, -0.25) is 0 Å². The molecule has 0 unspecified atom stereocenters. The van der Waals surface area contributed by atoms with Gasteiger partial charge in [-0.1, -0.05) is 29.8 Å². The summed E-state index contributed by atoms with van der Waals surface area (Å²) in [5.41, 5.74) is 5.44. The van der Waals surface area contributed by atoms with Crippen molar-refractivity contribution in [2.45, 2.75) is 20.8 Å². The molecule has 25 heavy (non-hydrogen) atoms. The highest BCUT2D eigenvalue weighted by Gasteiger charge is 2.07. The molecule has 5 heteroatoms. The van der Waals surface area contributed by atoms with Crippen LogP contribution in [0.15, 0.2) is 48.5 Å². The first kappa shape index (κ1) is 16.5. The topological polar surface area (TPSA) is 73.6 Å². The number of anilines is 4. The minimum absolute atomic E-state index is 0.517. The van der Waals surface area contributed by atoms with Crippen LogP contribution in [0, 0.1) is 32.1 Å². The Bertz CT molecular complexity index is 957. The lowest BCUT2D eigenvalue weighted by Gasteiger charge is -2.12. The highest BCUT2D eigenvalue weighted by atomic mass is 15.1. The van der Waals surface area contributed by atoms with Gasteiger partial charge in [-0.05, 0) is 44.5 Å². The molecular weight excluding hydrogens is 310 g/mol. The molecule has 0 bridgehead atoms. The highest BCUT2D eigenvalue weighted by Crippen LogP contribution is 2.23. The van der Waals surface area contributed by atoms with Gasteiger partial charge >= 0.3 is 0 Å². The minimum atomic E-state index is 0.517. The number of rotatable bonds is 4. The summed E-state index contributed by atoms with van der Waals surface area (Å²) >= 11 is 0. The first-order valence-corrected chi connectivity index (χ1v) is 8.01. The van der Waals surface area contributed by atoms with Crippen LogP contribution in [0.25, 0.3) is 0 Å². The summed E-state index contributed by atoms with van der Waals surface area (Å²) in [6.45, 7) is 6.03. The Hall–Kier alpha value is -3.39. The highest BCUT2D eigenvalue weighted by molar-refractivity contribution is 5.66. The summed E-state index contributed by atoms with van der Waals surface area (Å²) in [7, 11) is 0. The zero-order valence-corrected chi connectivity index (χ0v) is 14.5. The monoisotopic (exact) mass is 329 g/mol. The zero-order chi connectivity index (χ0) is 17.8. The molecule has 5 nitrogen and oxygen atoms in total. The molecule has 0 atom stereocenters. The number of nitrogens with zero attached hydrogens (tertiary/aromatic N) is 3. The lowest BCUT2D eigenvalue weighted by molar-refractivity contribution is 1.10. The largest absolute Gasteiger partial charge is 0.339 e. The second-order valence-electron chi connectivity index (χ2n) is 5.94. The zero-order valence-electron chi connectivity index (χ0n) is 14.5. The lowest BCUT2D eigenvalue weighted by atomic mass is 10.1. The molecule has 3 aromatic rings. The van der Waals surface area contributed by atoms with E-state index in [0.29, 0.717) is 17.3 Å². The van der Waals surface area contributed by atoms with Crippen molar-refractivity contribution in [3.63, 3.8) is 0 Å². The van der Waals surface area contributed by atoms with Crippen LogP contribution in [0.3, 0.4) is 0 Å². The number of para-hydroxylation sites is 1. The summed E-state index contributed by atoms with van der Waals surface area (Å²) in [4.78, 5) is 8.97. The van der Waals surface area contributed by atoms with Gasteiger partial charge in [0.25, 0.3) is 0 Å². The molecule has 0 fully saturated rings. The van der Waals surface area contributed by atoms with E-state index in [1.54, 1.807) is 6.07 Å². The van der Waals surface area contributed by atoms with Gasteiger partial charge in [0, 0.05) is 17.4 Å². The quantitative estimate of drug-likeness (QED) is 0.722. The van der Waals surface area contributed by atoms with Crippen LogP contribution in [0.2, 0.25) is 0 Å². The molecule has 0 saturated carbocycles. The van der Waals surface area contributed by atoms with Crippen molar-refractivity contribution in [2.24, 2.45) is 0 Å². The van der Waals surface area contributed by atoms with Gasteiger partial charge in [-0.2, -0.15) is 10.2 Å². The normalized spacial score (nSPS) is 10.2. The molecule has 0 aliphatic carbocycles. The molecule has 1 aromatic heterocycles. The molecule has 1 heterocycles. The average molecular weight is 329 g/mol. The molecule has 0 saturated heterocycles. The number of aromatic nitrogens is 2. The van der Waals surface area contributed by atoms with Crippen LogP contribution in [0.5, 0.6) is 0 Å². The van der Waals surface area contributed by atoms with Gasteiger partial charge in [-0.25, -0.2) is 4.98 Å². The molecule has 0 radical (unpaired) electrons. The summed E-state index contributed by atoms with van der Waals surface area (Å²) < 4.78 is 0. The Balaban J connectivity index is 1.89. The number of nitrogens with one attached hydrogen (secondary N) is 2. The maximum absolute atomic E-state index is 9.22. The Kier molecular flexibility index (Phi) is 4.62. The Morgan fingerprint density at radius 1 is 0.880 bits per heavy atom. The van der Waals surface area contributed by atoms with Gasteiger partial charge in [0.2, 0.25) is 5.95 Å². The van der Waals surface area contributed by atoms with Crippen LogP contribution >= 0.6 is 0 Å². The van der Waals surface area contributed by atoms with Crippen molar-refractivity contribution in [3.05, 3.63) is 70.9 Å². The van der Waals surface area contributed by atoms with E-state index in [1.165, 1.54) is 5.56 Å². The van der Waals surface area contributed by atoms with Crippen LogP contribution in [0.1, 0.15) is 22.4 Å². The fourth-order valence-electron chi connectivity index (χ4n) is 2.59. The van der Waals surface area contributed by atoms with E-state index in [9.17, 15) is 5.26 Å². The first-order chi connectivity index (χ1) is 12.0. The second-order valence-corrected chi connectivity index (χ2v) is 5.94. The van der Waals surface area contributed by atoms with Gasteiger partial charge < -0.3 is 10.6 Å². The van der Waals surface area contributed by atoms with Crippen molar-refractivity contribution in [2.75, 3.05) is 10.6 Å². The Morgan fingerprint density at radius 2 is 1.68 bits per heavy atom. The van der Waals surface area contributed by atoms with Crippen molar-refractivity contribution in [1.29, 1.82) is 5.26 Å². The van der Waals surface area contributed by atoms with Gasteiger partial charge in [0.1, 0.15) is 11.9 Å². The smallest absolute Gasteiger partial charge is 0.229 e. The number of hydrogen-bond acceptors (Lipinski definition) is 5. The molecule has 0 aliphatic heterocycles. The summed E-state index contributed by atoms with van der Waals surface area (Å²) in [5.74, 6) is 1.16. The van der Waals surface area contributed by atoms with E-state index in [1.807, 2.05) is 50.2 Å². The molecule has 0 spiro atoms. The maximum atomic E-state index is 9.22. The van der Waals surface area contributed by atoms with Crippen LogP contribution in [-0.4, -0.2) is 9.97 Å². The van der Waals surface area contributed by atoms with Crippen molar-refractivity contribution < 1.29 is 0 Å². The molecule has 2 N–H and O–H groups in total. The van der Waals surface area contributed by atoms with E-state index >= 15 is 0 Å². The van der Waals surface area contributed by atoms with Crippen molar-refractivity contribution in [1.82, 2.24) is 9.97 Å². The Labute approximate surface area is 147 Å². The molecule has 2 aromatic carbocycles. The van der Waals surface area contributed by atoms with Gasteiger partial charge in [-0.15, -0.1) is 0 Å². The number of nitriles is 1. The summed E-state index contributed by atoms with van der Waals surface area (Å²) in [6.07, 6.45) is 0. The van der Waals surface area contributed by atoms with E-state index in [-0.39, 0.29) is 0 Å². The molecular formula is C20H19N5. The van der Waals surface area contributed by atoms with E-state index in [0.717, 1.165) is 22.6 Å². The van der Waals surface area contributed by atoms with E-state index in [2.05, 4.69) is 39.7 Å². The fraction of sp³-hybridized carbons (Fsp3) is 0.150. The molecule has 0 aliphatic rings. The fourth-order valence-corrected chi connectivity index (χ4v) is 2.59. The summed E-state index contributed by atoms with van der Waals surface area (Å²) in [5, 5.41) is 15.7. The van der Waals surface area contributed by atoms with Gasteiger partial charge in [0.05, 0.1) is 11.3 Å². The third-order valence-electron chi connectivity index (χ3n) is 3.79. The Morgan fingerprint density at radius 3 is 2.44 bits per heavy atom. The standard InChI is InChI=1S/C20H19N5/c1-13-8-9-17(14(2)10-13)24-20-22-15(3)11-19(25-20)23-18-7-5-4-6-16(18)12-21/h4-11H,1-3H3,(H2,22,23,24,25). The molecule has 3 rings (SSSR count). The van der Waals surface area contributed by atoms with Crippen LogP contribution in [0.4, 0.5) is 23.1 Å². The predicted molar refractivity (Wildman–Crippen MR) is 100 cm³/mol. The third kappa shape index (κ3) is 3.93. The average Bonchev–Trinajstić information content (AvgIpc) is 2.57. The van der Waals surface area contributed by atoms with E-state index < -0.39 is 0 Å². The van der Waals surface area contributed by atoms with Crippen molar-refractivity contribution >= 4 is 23.1 Å². The van der Waals surface area contributed by atoms with E-state index in [4.69, 9.17) is 0 Å². The second kappa shape index (κ2) is 7.02. The number of aryl methyl sites for hydroxylation is 3. The predicted octanol–water partition coefficient (Wildman–Crippen LogP) is 4.76. The lowest BCUT2D eigenvalue weighted by Crippen LogP contribution is -2.04. The summed E-state index contributed by atoms with van der Waals surface area (Å²) in [6, 6.07) is 17.5. The maximum Gasteiger partial charge on any atom is 0.229 e. The molecule has 124 valence electrons.